The van der Waals surface area contributed by atoms with Crippen LogP contribution in [0.4, 0.5) is 13.6 Å². The maximum absolute atomic E-state index is 13.8. The molecule has 2 aliphatic heterocycles. The number of primary amides is 1. The minimum absolute atomic E-state index is 0.109. The molecule has 0 unspecified atom stereocenters. The zero-order chi connectivity index (χ0) is 21.8. The predicted molar refractivity (Wildman–Crippen MR) is 103 cm³/mol. The number of urea groups is 1. The molecule has 2 aliphatic rings. The fourth-order valence-corrected chi connectivity index (χ4v) is 3.73. The molecule has 1 saturated heterocycles. The highest BCUT2D eigenvalue weighted by Crippen LogP contribution is 2.29. The number of piperidine rings is 1. The molecular formula is C20H24F2N4O4. The van der Waals surface area contributed by atoms with Gasteiger partial charge in [0.25, 0.3) is 0 Å². The van der Waals surface area contributed by atoms with Crippen LogP contribution < -0.4 is 16.4 Å². The van der Waals surface area contributed by atoms with E-state index in [2.05, 4.69) is 10.6 Å². The third-order valence-electron chi connectivity index (χ3n) is 5.30. The molecule has 3 amide bonds. The van der Waals surface area contributed by atoms with Crippen LogP contribution in [0.15, 0.2) is 29.5 Å². The Hall–Kier alpha value is -3.01. The van der Waals surface area contributed by atoms with Crippen molar-refractivity contribution in [3.8, 4) is 0 Å². The Morgan fingerprint density at radius 3 is 2.53 bits per heavy atom. The minimum Gasteiger partial charge on any atom is -0.463 e. The average molecular weight is 422 g/mol. The van der Waals surface area contributed by atoms with Crippen LogP contribution in [-0.2, 0) is 14.3 Å². The molecule has 0 spiro atoms. The smallest absolute Gasteiger partial charge is 0.338 e. The molecule has 162 valence electrons. The summed E-state index contributed by atoms with van der Waals surface area (Å²) in [5, 5.41) is 5.22. The van der Waals surface area contributed by atoms with Gasteiger partial charge in [-0.05, 0) is 50.6 Å². The molecule has 0 saturated carbocycles. The van der Waals surface area contributed by atoms with Gasteiger partial charge in [0.15, 0.2) is 11.6 Å². The van der Waals surface area contributed by atoms with Crippen LogP contribution in [0.2, 0.25) is 0 Å². The Kier molecular flexibility index (Phi) is 6.66. The standard InChI is InChI=1S/C20H24F2N4O4/c1-2-30-19(28)16-15(10-26-7-5-11(6-8-26)18(23)27)24-20(29)25-17(16)12-3-4-13(21)14(22)9-12/h3-4,9,11,17H,2,5-8,10H2,1H3,(H2,23,27)(H2,24,25,29)/t17-/m0/s1. The predicted octanol–water partition coefficient (Wildman–Crippen LogP) is 1.33. The highest BCUT2D eigenvalue weighted by molar-refractivity contribution is 5.95. The number of benzene rings is 1. The molecule has 1 fully saturated rings. The molecule has 1 aromatic carbocycles. The molecule has 2 heterocycles. The maximum atomic E-state index is 13.8. The quantitative estimate of drug-likeness (QED) is 0.599. The van der Waals surface area contributed by atoms with Crippen LogP contribution in [0.5, 0.6) is 0 Å². The van der Waals surface area contributed by atoms with Gasteiger partial charge in [0.1, 0.15) is 0 Å². The van der Waals surface area contributed by atoms with Gasteiger partial charge in [-0.25, -0.2) is 18.4 Å². The van der Waals surface area contributed by atoms with Crippen molar-refractivity contribution in [2.75, 3.05) is 26.2 Å². The third-order valence-corrected chi connectivity index (χ3v) is 5.30. The molecule has 8 nitrogen and oxygen atoms in total. The summed E-state index contributed by atoms with van der Waals surface area (Å²) >= 11 is 0. The summed E-state index contributed by atoms with van der Waals surface area (Å²) in [6.07, 6.45) is 1.16. The number of hydrogen-bond donors (Lipinski definition) is 3. The monoisotopic (exact) mass is 422 g/mol. The van der Waals surface area contributed by atoms with Crippen LogP contribution >= 0.6 is 0 Å². The van der Waals surface area contributed by atoms with E-state index in [-0.39, 0.29) is 36.1 Å². The summed E-state index contributed by atoms with van der Waals surface area (Å²) in [5.41, 5.74) is 6.03. The molecule has 0 bridgehead atoms. The molecule has 3 rings (SSSR count). The van der Waals surface area contributed by atoms with Gasteiger partial charge in [-0.3, -0.25) is 9.69 Å². The first-order chi connectivity index (χ1) is 14.3. The summed E-state index contributed by atoms with van der Waals surface area (Å²) in [4.78, 5) is 38.3. The van der Waals surface area contributed by atoms with Gasteiger partial charge in [0.2, 0.25) is 5.91 Å². The Morgan fingerprint density at radius 1 is 1.23 bits per heavy atom. The van der Waals surface area contributed by atoms with Crippen molar-refractivity contribution in [1.29, 1.82) is 0 Å². The van der Waals surface area contributed by atoms with E-state index in [1.807, 2.05) is 4.90 Å². The van der Waals surface area contributed by atoms with Gasteiger partial charge in [0, 0.05) is 18.2 Å². The summed E-state index contributed by atoms with van der Waals surface area (Å²) in [6, 6.07) is 1.63. The topological polar surface area (TPSA) is 114 Å². The number of amides is 3. The average Bonchev–Trinajstić information content (AvgIpc) is 2.70. The summed E-state index contributed by atoms with van der Waals surface area (Å²) in [5.74, 6) is -3.31. The van der Waals surface area contributed by atoms with Crippen molar-refractivity contribution in [2.45, 2.75) is 25.8 Å². The number of rotatable bonds is 6. The van der Waals surface area contributed by atoms with E-state index in [0.29, 0.717) is 31.6 Å². The number of esters is 1. The summed E-state index contributed by atoms with van der Waals surface area (Å²) < 4.78 is 32.3. The zero-order valence-electron chi connectivity index (χ0n) is 16.5. The molecule has 0 aliphatic carbocycles. The highest BCUT2D eigenvalue weighted by Gasteiger charge is 2.35. The number of likely N-dealkylation sites (tertiary alicyclic amines) is 1. The molecule has 10 heteroatoms. The second-order valence-corrected chi connectivity index (χ2v) is 7.27. The molecule has 1 aromatic rings. The van der Waals surface area contributed by atoms with Crippen molar-refractivity contribution in [1.82, 2.24) is 15.5 Å². The lowest BCUT2D eigenvalue weighted by Crippen LogP contribution is -2.49. The Bertz CT molecular complexity index is 882. The minimum atomic E-state index is -1.08. The van der Waals surface area contributed by atoms with E-state index in [9.17, 15) is 23.2 Å². The maximum Gasteiger partial charge on any atom is 0.338 e. The summed E-state index contributed by atoms with van der Waals surface area (Å²) in [6.45, 7) is 3.11. The molecule has 1 atom stereocenters. The second kappa shape index (κ2) is 9.21. The Labute approximate surface area is 172 Å². The van der Waals surface area contributed by atoms with E-state index < -0.39 is 29.7 Å². The molecule has 30 heavy (non-hydrogen) atoms. The fourth-order valence-electron chi connectivity index (χ4n) is 3.73. The van der Waals surface area contributed by atoms with E-state index in [1.165, 1.54) is 6.07 Å². The normalized spacial score (nSPS) is 20.5. The lowest BCUT2D eigenvalue weighted by molar-refractivity contribution is -0.139. The first-order valence-corrected chi connectivity index (χ1v) is 9.74. The first kappa shape index (κ1) is 21.7. The van der Waals surface area contributed by atoms with Gasteiger partial charge >= 0.3 is 12.0 Å². The van der Waals surface area contributed by atoms with Crippen molar-refractivity contribution in [3.05, 3.63) is 46.7 Å². The number of ether oxygens (including phenoxy) is 1. The van der Waals surface area contributed by atoms with Gasteiger partial charge < -0.3 is 21.1 Å². The SMILES string of the molecule is CCOC(=O)C1=C(CN2CCC(C(N)=O)CC2)NC(=O)N[C@H]1c1ccc(F)c(F)c1. The molecule has 4 N–H and O–H groups in total. The van der Waals surface area contributed by atoms with Crippen molar-refractivity contribution in [3.63, 3.8) is 0 Å². The fraction of sp³-hybridized carbons (Fsp3) is 0.450. The largest absolute Gasteiger partial charge is 0.463 e. The van der Waals surface area contributed by atoms with Crippen molar-refractivity contribution in [2.24, 2.45) is 11.7 Å². The number of nitrogens with two attached hydrogens (primary N) is 1. The second-order valence-electron chi connectivity index (χ2n) is 7.27. The number of halogens is 2. The Balaban J connectivity index is 1.92. The van der Waals surface area contributed by atoms with Crippen LogP contribution in [0.1, 0.15) is 31.4 Å². The van der Waals surface area contributed by atoms with Gasteiger partial charge in [-0.2, -0.15) is 0 Å². The van der Waals surface area contributed by atoms with Crippen LogP contribution in [-0.4, -0.2) is 49.0 Å². The number of nitrogens with one attached hydrogen (secondary N) is 2. The highest BCUT2D eigenvalue weighted by atomic mass is 19.2. The van der Waals surface area contributed by atoms with E-state index in [4.69, 9.17) is 10.5 Å². The van der Waals surface area contributed by atoms with Crippen LogP contribution in [0.25, 0.3) is 0 Å². The van der Waals surface area contributed by atoms with E-state index >= 15 is 0 Å². The summed E-state index contributed by atoms with van der Waals surface area (Å²) in [7, 11) is 0. The van der Waals surface area contributed by atoms with Crippen LogP contribution in [0.3, 0.4) is 0 Å². The number of nitrogens with zero attached hydrogens (tertiary/aromatic N) is 1. The van der Waals surface area contributed by atoms with Gasteiger partial charge in [-0.15, -0.1) is 0 Å². The molecular weight excluding hydrogens is 398 g/mol. The van der Waals surface area contributed by atoms with Crippen molar-refractivity contribution < 1.29 is 27.9 Å². The first-order valence-electron chi connectivity index (χ1n) is 9.74. The van der Waals surface area contributed by atoms with E-state index in [0.717, 1.165) is 12.1 Å². The zero-order valence-corrected chi connectivity index (χ0v) is 16.5. The number of hydrogen-bond acceptors (Lipinski definition) is 5. The number of carbonyl (C=O) groups excluding carboxylic acids is 3. The van der Waals surface area contributed by atoms with Crippen molar-refractivity contribution >= 4 is 17.9 Å². The van der Waals surface area contributed by atoms with E-state index in [1.54, 1.807) is 6.92 Å². The van der Waals surface area contributed by atoms with Gasteiger partial charge in [0.05, 0.1) is 18.2 Å². The lowest BCUT2D eigenvalue weighted by atomic mass is 9.93. The third kappa shape index (κ3) is 4.76. The van der Waals surface area contributed by atoms with Crippen LogP contribution in [0, 0.1) is 17.6 Å². The molecule has 0 aromatic heterocycles. The van der Waals surface area contributed by atoms with Gasteiger partial charge in [-0.1, -0.05) is 6.07 Å². The lowest BCUT2D eigenvalue weighted by Gasteiger charge is -2.34. The number of carbonyl (C=O) groups is 3. The Morgan fingerprint density at radius 2 is 1.93 bits per heavy atom. The molecule has 0 radical (unpaired) electrons.